The van der Waals surface area contributed by atoms with E-state index in [9.17, 15) is 0 Å². The van der Waals surface area contributed by atoms with Crippen molar-refractivity contribution in [2.75, 3.05) is 52.9 Å². The zero-order valence-electron chi connectivity index (χ0n) is 15.2. The van der Waals surface area contributed by atoms with E-state index in [2.05, 4.69) is 49.9 Å². The van der Waals surface area contributed by atoms with E-state index in [1.165, 1.54) is 58.4 Å². The van der Waals surface area contributed by atoms with Gasteiger partial charge in [-0.25, -0.2) is 0 Å². The third-order valence-corrected chi connectivity index (χ3v) is 4.61. The van der Waals surface area contributed by atoms with Gasteiger partial charge in [0.2, 0.25) is 0 Å². The van der Waals surface area contributed by atoms with Gasteiger partial charge >= 0.3 is 0 Å². The Bertz CT molecular complexity index is 261. The molecule has 1 unspecified atom stereocenters. The molecule has 0 saturated carbocycles. The molecule has 126 valence electrons. The van der Waals surface area contributed by atoms with Gasteiger partial charge in [0, 0.05) is 26.2 Å². The maximum atomic E-state index is 3.68. The first-order chi connectivity index (χ1) is 9.95. The largest absolute Gasteiger partial charge is 0.316 e. The van der Waals surface area contributed by atoms with Crippen LogP contribution < -0.4 is 5.32 Å². The molecule has 0 aromatic carbocycles. The Morgan fingerprint density at radius 2 is 1.90 bits per heavy atom. The molecule has 0 amide bonds. The Kier molecular flexibility index (Phi) is 8.84. The Balaban J connectivity index is 2.32. The molecule has 0 bridgehead atoms. The predicted octanol–water partition coefficient (Wildman–Crippen LogP) is 3.07. The molecule has 1 N–H and O–H groups in total. The maximum Gasteiger partial charge on any atom is 0.0109 e. The first-order valence-electron chi connectivity index (χ1n) is 9.07. The third-order valence-electron chi connectivity index (χ3n) is 4.61. The highest BCUT2D eigenvalue weighted by atomic mass is 15.2. The number of nitrogens with one attached hydrogen (secondary N) is 1. The van der Waals surface area contributed by atoms with Gasteiger partial charge in [0.1, 0.15) is 0 Å². The van der Waals surface area contributed by atoms with Crippen molar-refractivity contribution in [3.8, 4) is 0 Å². The molecule has 3 heteroatoms. The summed E-state index contributed by atoms with van der Waals surface area (Å²) >= 11 is 0. The molecule has 0 spiro atoms. The van der Waals surface area contributed by atoms with Gasteiger partial charge in [-0.2, -0.15) is 0 Å². The van der Waals surface area contributed by atoms with Crippen molar-refractivity contribution in [2.24, 2.45) is 11.3 Å². The molecule has 1 heterocycles. The lowest BCUT2D eigenvalue weighted by molar-refractivity contribution is 0.158. The van der Waals surface area contributed by atoms with Gasteiger partial charge in [0.15, 0.2) is 0 Å². The number of nitrogens with zero attached hydrogens (tertiary/aromatic N) is 2. The van der Waals surface area contributed by atoms with Crippen molar-refractivity contribution in [1.29, 1.82) is 0 Å². The third kappa shape index (κ3) is 8.18. The van der Waals surface area contributed by atoms with E-state index in [1.54, 1.807) is 0 Å². The molecule has 0 aromatic heterocycles. The minimum atomic E-state index is 0.406. The van der Waals surface area contributed by atoms with Crippen molar-refractivity contribution < 1.29 is 0 Å². The Morgan fingerprint density at radius 3 is 2.48 bits per heavy atom. The second kappa shape index (κ2) is 9.81. The number of hydrogen-bond acceptors (Lipinski definition) is 3. The fourth-order valence-electron chi connectivity index (χ4n) is 3.54. The number of likely N-dealkylation sites (tertiary alicyclic amines) is 1. The molecule has 1 aliphatic heterocycles. The smallest absolute Gasteiger partial charge is 0.0109 e. The summed E-state index contributed by atoms with van der Waals surface area (Å²) in [7, 11) is 2.30. The van der Waals surface area contributed by atoms with Crippen molar-refractivity contribution >= 4 is 0 Å². The van der Waals surface area contributed by atoms with E-state index in [4.69, 9.17) is 0 Å². The lowest BCUT2D eigenvalue weighted by Gasteiger charge is -2.35. The van der Waals surface area contributed by atoms with Gasteiger partial charge in [-0.05, 0) is 57.3 Å². The first kappa shape index (κ1) is 18.9. The summed E-state index contributed by atoms with van der Waals surface area (Å²) < 4.78 is 0. The number of likely N-dealkylation sites (N-methyl/N-ethyl adjacent to an activating group) is 1. The van der Waals surface area contributed by atoms with Gasteiger partial charge in [0.25, 0.3) is 0 Å². The Morgan fingerprint density at radius 1 is 1.24 bits per heavy atom. The topological polar surface area (TPSA) is 18.5 Å². The summed E-state index contributed by atoms with van der Waals surface area (Å²) in [5.74, 6) is 0.740. The minimum Gasteiger partial charge on any atom is -0.316 e. The van der Waals surface area contributed by atoms with Crippen LogP contribution in [0, 0.1) is 11.3 Å². The first-order valence-corrected chi connectivity index (χ1v) is 9.07. The van der Waals surface area contributed by atoms with Gasteiger partial charge in [-0.15, -0.1) is 0 Å². The van der Waals surface area contributed by atoms with Crippen LogP contribution in [0.3, 0.4) is 0 Å². The van der Waals surface area contributed by atoms with Crippen LogP contribution in [0.25, 0.3) is 0 Å². The van der Waals surface area contributed by atoms with Crippen molar-refractivity contribution in [3.05, 3.63) is 0 Å². The zero-order chi connectivity index (χ0) is 15.7. The molecular formula is C18H39N3. The summed E-state index contributed by atoms with van der Waals surface area (Å²) in [6, 6.07) is 0. The van der Waals surface area contributed by atoms with Gasteiger partial charge < -0.3 is 15.1 Å². The SMILES string of the molecule is CCCC(C)(CNCC(C)C)CN(C)CCN1CCCC1. The monoisotopic (exact) mass is 297 g/mol. The van der Waals surface area contributed by atoms with Crippen LogP contribution >= 0.6 is 0 Å². The van der Waals surface area contributed by atoms with Crippen LogP contribution in [0.5, 0.6) is 0 Å². The van der Waals surface area contributed by atoms with Gasteiger partial charge in [0.05, 0.1) is 0 Å². The highest BCUT2D eigenvalue weighted by Gasteiger charge is 2.25. The maximum absolute atomic E-state index is 3.68. The van der Waals surface area contributed by atoms with Crippen LogP contribution in [0.2, 0.25) is 0 Å². The molecule has 21 heavy (non-hydrogen) atoms. The highest BCUT2D eigenvalue weighted by molar-refractivity contribution is 4.80. The van der Waals surface area contributed by atoms with Crippen LogP contribution in [0.1, 0.15) is 53.4 Å². The minimum absolute atomic E-state index is 0.406. The molecule has 0 radical (unpaired) electrons. The van der Waals surface area contributed by atoms with Crippen LogP contribution in [-0.4, -0.2) is 62.7 Å². The molecule has 3 nitrogen and oxygen atoms in total. The van der Waals surface area contributed by atoms with Gasteiger partial charge in [-0.1, -0.05) is 34.1 Å². The van der Waals surface area contributed by atoms with E-state index >= 15 is 0 Å². The quantitative estimate of drug-likeness (QED) is 0.632. The summed E-state index contributed by atoms with van der Waals surface area (Å²) in [5.41, 5.74) is 0.406. The van der Waals surface area contributed by atoms with Crippen molar-refractivity contribution in [3.63, 3.8) is 0 Å². The summed E-state index contributed by atoms with van der Waals surface area (Å²) in [5, 5.41) is 3.68. The van der Waals surface area contributed by atoms with E-state index in [-0.39, 0.29) is 0 Å². The second-order valence-corrected chi connectivity index (χ2v) is 7.87. The lowest BCUT2D eigenvalue weighted by Crippen LogP contribution is -2.43. The Labute approximate surface area is 133 Å². The van der Waals surface area contributed by atoms with E-state index < -0.39 is 0 Å². The van der Waals surface area contributed by atoms with E-state index in [1.807, 2.05) is 0 Å². The standard InChI is InChI=1S/C18H39N3/c1-6-9-18(4,15-19-14-17(2)3)16-20(5)12-13-21-10-7-8-11-21/h17,19H,6-16H2,1-5H3. The highest BCUT2D eigenvalue weighted by Crippen LogP contribution is 2.23. The fourth-order valence-corrected chi connectivity index (χ4v) is 3.54. The van der Waals surface area contributed by atoms with E-state index in [0.29, 0.717) is 5.41 Å². The molecular weight excluding hydrogens is 258 g/mol. The second-order valence-electron chi connectivity index (χ2n) is 7.87. The predicted molar refractivity (Wildman–Crippen MR) is 93.9 cm³/mol. The fraction of sp³-hybridized carbons (Fsp3) is 1.00. The van der Waals surface area contributed by atoms with Gasteiger partial charge in [-0.3, -0.25) is 0 Å². The molecule has 0 aromatic rings. The van der Waals surface area contributed by atoms with Crippen LogP contribution in [0.15, 0.2) is 0 Å². The van der Waals surface area contributed by atoms with Crippen molar-refractivity contribution in [1.82, 2.24) is 15.1 Å². The van der Waals surface area contributed by atoms with Crippen LogP contribution in [0.4, 0.5) is 0 Å². The summed E-state index contributed by atoms with van der Waals surface area (Å²) in [4.78, 5) is 5.16. The molecule has 1 fully saturated rings. The number of hydrogen-bond donors (Lipinski definition) is 1. The zero-order valence-corrected chi connectivity index (χ0v) is 15.2. The average Bonchev–Trinajstić information content (AvgIpc) is 2.89. The average molecular weight is 298 g/mol. The summed E-state index contributed by atoms with van der Waals surface area (Å²) in [6.07, 6.45) is 5.39. The number of rotatable bonds is 11. The molecule has 1 atom stereocenters. The molecule has 1 saturated heterocycles. The normalized spacial score (nSPS) is 19.6. The van der Waals surface area contributed by atoms with Crippen molar-refractivity contribution in [2.45, 2.75) is 53.4 Å². The summed E-state index contributed by atoms with van der Waals surface area (Å²) in [6.45, 7) is 17.9. The molecule has 0 aliphatic carbocycles. The molecule has 1 rings (SSSR count). The lowest BCUT2D eigenvalue weighted by atomic mass is 9.84. The Hall–Kier alpha value is -0.120. The molecule has 1 aliphatic rings. The van der Waals surface area contributed by atoms with Crippen LogP contribution in [-0.2, 0) is 0 Å². The van der Waals surface area contributed by atoms with E-state index in [0.717, 1.165) is 19.0 Å².